The van der Waals surface area contributed by atoms with Crippen LogP contribution in [0.2, 0.25) is 0 Å². The first-order valence-corrected chi connectivity index (χ1v) is 4.11. The van der Waals surface area contributed by atoms with E-state index in [0.717, 1.165) is 5.56 Å². The summed E-state index contributed by atoms with van der Waals surface area (Å²) in [5.74, 6) is -0.483. The first kappa shape index (κ1) is 10.2. The van der Waals surface area contributed by atoms with Crippen molar-refractivity contribution < 1.29 is 14.7 Å². The summed E-state index contributed by atoms with van der Waals surface area (Å²) in [5.41, 5.74) is 1.24. The Morgan fingerprint density at radius 2 is 2.14 bits per heavy atom. The number of aryl methyl sites for hydroxylation is 1. The molecule has 0 bridgehead atoms. The Labute approximate surface area is 81.6 Å². The van der Waals surface area contributed by atoms with Crippen molar-refractivity contribution in [2.75, 3.05) is 5.32 Å². The van der Waals surface area contributed by atoms with Crippen LogP contribution >= 0.6 is 0 Å². The van der Waals surface area contributed by atoms with Crippen LogP contribution in [0.5, 0.6) is 5.75 Å². The average molecular weight is 193 g/mol. The van der Waals surface area contributed by atoms with Gasteiger partial charge in [0.15, 0.2) is 6.29 Å². The van der Waals surface area contributed by atoms with Crippen LogP contribution in [0, 0.1) is 6.92 Å². The van der Waals surface area contributed by atoms with Gasteiger partial charge in [0.25, 0.3) is 0 Å². The highest BCUT2D eigenvalue weighted by molar-refractivity contribution is 5.93. The molecule has 1 aromatic carbocycles. The largest absolute Gasteiger partial charge is 0.505 e. The van der Waals surface area contributed by atoms with Gasteiger partial charge in [-0.1, -0.05) is 0 Å². The number of anilines is 1. The molecule has 2 N–H and O–H groups in total. The second kappa shape index (κ2) is 3.91. The molecule has 74 valence electrons. The molecule has 0 aliphatic carbocycles. The molecule has 0 aliphatic rings. The number of carbonyl (C=O) groups is 2. The van der Waals surface area contributed by atoms with E-state index in [2.05, 4.69) is 5.32 Å². The lowest BCUT2D eigenvalue weighted by Gasteiger charge is -2.07. The molecule has 0 fully saturated rings. The number of amides is 1. The van der Waals surface area contributed by atoms with Crippen molar-refractivity contribution in [3.05, 3.63) is 23.3 Å². The maximum atomic E-state index is 10.8. The lowest BCUT2D eigenvalue weighted by atomic mass is 10.1. The molecule has 4 nitrogen and oxygen atoms in total. The summed E-state index contributed by atoms with van der Waals surface area (Å²) in [4.78, 5) is 21.3. The molecule has 0 heterocycles. The van der Waals surface area contributed by atoms with Gasteiger partial charge in [-0.2, -0.15) is 0 Å². The minimum atomic E-state index is -0.289. The Kier molecular flexibility index (Phi) is 2.86. The zero-order chi connectivity index (χ0) is 10.7. The number of hydrogen-bond acceptors (Lipinski definition) is 3. The SMILES string of the molecule is CC(=O)Nc1cc(C)cc(C=O)c1O. The third kappa shape index (κ3) is 2.10. The van der Waals surface area contributed by atoms with E-state index in [1.807, 2.05) is 0 Å². The second-order valence-corrected chi connectivity index (χ2v) is 3.05. The van der Waals surface area contributed by atoms with Crippen molar-refractivity contribution in [1.82, 2.24) is 0 Å². The first-order chi connectivity index (χ1) is 6.54. The second-order valence-electron chi connectivity index (χ2n) is 3.05. The summed E-state index contributed by atoms with van der Waals surface area (Å²) < 4.78 is 0. The third-order valence-electron chi connectivity index (χ3n) is 1.72. The quantitative estimate of drug-likeness (QED) is 0.552. The normalized spacial score (nSPS) is 9.57. The van der Waals surface area contributed by atoms with Gasteiger partial charge in [0.05, 0.1) is 11.3 Å². The molecule has 0 aliphatic heterocycles. The van der Waals surface area contributed by atoms with E-state index in [9.17, 15) is 14.7 Å². The number of hydrogen-bond donors (Lipinski definition) is 2. The molecule has 0 aromatic heterocycles. The molecular weight excluding hydrogens is 182 g/mol. The zero-order valence-corrected chi connectivity index (χ0v) is 8.00. The summed E-state index contributed by atoms with van der Waals surface area (Å²) in [6, 6.07) is 3.15. The summed E-state index contributed by atoms with van der Waals surface area (Å²) in [6.45, 7) is 3.11. The van der Waals surface area contributed by atoms with Crippen molar-refractivity contribution in [2.24, 2.45) is 0 Å². The highest BCUT2D eigenvalue weighted by atomic mass is 16.3. The lowest BCUT2D eigenvalue weighted by Crippen LogP contribution is -2.06. The van der Waals surface area contributed by atoms with Gasteiger partial charge in [-0.25, -0.2) is 0 Å². The summed E-state index contributed by atoms with van der Waals surface area (Å²) in [5, 5.41) is 12.0. The summed E-state index contributed by atoms with van der Waals surface area (Å²) in [6.07, 6.45) is 0.549. The van der Waals surface area contributed by atoms with Crippen molar-refractivity contribution in [3.63, 3.8) is 0 Å². The number of phenolic OH excluding ortho intramolecular Hbond substituents is 1. The van der Waals surface area contributed by atoms with Crippen LogP contribution in [0.4, 0.5) is 5.69 Å². The van der Waals surface area contributed by atoms with E-state index in [-0.39, 0.29) is 22.9 Å². The molecule has 1 amide bonds. The van der Waals surface area contributed by atoms with Crippen LogP contribution in [-0.4, -0.2) is 17.3 Å². The Morgan fingerprint density at radius 1 is 1.50 bits per heavy atom. The predicted octanol–water partition coefficient (Wildman–Crippen LogP) is 1.47. The van der Waals surface area contributed by atoms with Gasteiger partial charge in [-0.15, -0.1) is 0 Å². The number of phenols is 1. The Balaban J connectivity index is 3.21. The molecule has 0 saturated heterocycles. The van der Waals surface area contributed by atoms with Gasteiger partial charge in [-0.05, 0) is 24.6 Å². The maximum absolute atomic E-state index is 10.8. The third-order valence-corrected chi connectivity index (χ3v) is 1.72. The van der Waals surface area contributed by atoms with E-state index in [4.69, 9.17) is 0 Å². The van der Waals surface area contributed by atoms with Crippen molar-refractivity contribution in [3.8, 4) is 5.75 Å². The fourth-order valence-corrected chi connectivity index (χ4v) is 1.18. The monoisotopic (exact) mass is 193 g/mol. The fourth-order valence-electron chi connectivity index (χ4n) is 1.18. The molecule has 1 aromatic rings. The van der Waals surface area contributed by atoms with Gasteiger partial charge in [-0.3, -0.25) is 9.59 Å². The van der Waals surface area contributed by atoms with E-state index < -0.39 is 0 Å². The van der Waals surface area contributed by atoms with Crippen LogP contribution in [0.25, 0.3) is 0 Å². The number of aromatic hydroxyl groups is 1. The van der Waals surface area contributed by atoms with Gasteiger partial charge in [0.2, 0.25) is 5.91 Å². The molecule has 14 heavy (non-hydrogen) atoms. The maximum Gasteiger partial charge on any atom is 0.221 e. The minimum absolute atomic E-state index is 0.175. The van der Waals surface area contributed by atoms with Gasteiger partial charge >= 0.3 is 0 Å². The topological polar surface area (TPSA) is 66.4 Å². The van der Waals surface area contributed by atoms with E-state index in [1.165, 1.54) is 6.92 Å². The van der Waals surface area contributed by atoms with E-state index >= 15 is 0 Å². The fraction of sp³-hybridized carbons (Fsp3) is 0.200. The molecule has 1 rings (SSSR count). The number of aldehydes is 1. The van der Waals surface area contributed by atoms with Crippen molar-refractivity contribution in [1.29, 1.82) is 0 Å². The molecule has 0 saturated carbocycles. The smallest absolute Gasteiger partial charge is 0.221 e. The summed E-state index contributed by atoms with van der Waals surface area (Å²) in [7, 11) is 0. The van der Waals surface area contributed by atoms with Crippen LogP contribution in [0.3, 0.4) is 0 Å². The predicted molar refractivity (Wildman–Crippen MR) is 52.5 cm³/mol. The van der Waals surface area contributed by atoms with Gasteiger partial charge in [0.1, 0.15) is 5.75 Å². The Hall–Kier alpha value is -1.84. The molecule has 0 radical (unpaired) electrons. The highest BCUT2D eigenvalue weighted by Crippen LogP contribution is 2.27. The van der Waals surface area contributed by atoms with E-state index in [1.54, 1.807) is 19.1 Å². The number of carbonyl (C=O) groups excluding carboxylic acids is 2. The standard InChI is InChI=1S/C10H11NO3/c1-6-3-8(5-12)10(14)9(4-6)11-7(2)13/h3-5,14H,1-2H3,(H,11,13). The number of rotatable bonds is 2. The van der Waals surface area contributed by atoms with Crippen LogP contribution < -0.4 is 5.32 Å². The minimum Gasteiger partial charge on any atom is -0.505 e. The lowest BCUT2D eigenvalue weighted by molar-refractivity contribution is -0.114. The molecule has 0 spiro atoms. The molecular formula is C10H11NO3. The van der Waals surface area contributed by atoms with Crippen LogP contribution in [0.15, 0.2) is 12.1 Å². The first-order valence-electron chi connectivity index (χ1n) is 4.11. The van der Waals surface area contributed by atoms with Gasteiger partial charge < -0.3 is 10.4 Å². The van der Waals surface area contributed by atoms with E-state index in [0.29, 0.717) is 6.29 Å². The van der Waals surface area contributed by atoms with Crippen molar-refractivity contribution >= 4 is 17.9 Å². The Morgan fingerprint density at radius 3 is 2.64 bits per heavy atom. The van der Waals surface area contributed by atoms with Crippen LogP contribution in [0.1, 0.15) is 22.8 Å². The average Bonchev–Trinajstić information content (AvgIpc) is 2.09. The molecule has 0 unspecified atom stereocenters. The molecule has 4 heteroatoms. The Bertz CT molecular complexity index is 385. The van der Waals surface area contributed by atoms with Crippen LogP contribution in [-0.2, 0) is 4.79 Å². The number of nitrogens with one attached hydrogen (secondary N) is 1. The summed E-state index contributed by atoms with van der Waals surface area (Å²) >= 11 is 0. The molecule has 0 atom stereocenters. The zero-order valence-electron chi connectivity index (χ0n) is 8.00. The van der Waals surface area contributed by atoms with Gasteiger partial charge in [0, 0.05) is 6.92 Å². The highest BCUT2D eigenvalue weighted by Gasteiger charge is 2.08. The van der Waals surface area contributed by atoms with Crippen molar-refractivity contribution in [2.45, 2.75) is 13.8 Å². The number of benzene rings is 1.